The SMILES string of the molecule is CCCC(C)(O)CNC(=O)Cc1cn2ccccc2n1. The molecule has 0 saturated heterocycles. The van der Waals surface area contributed by atoms with Gasteiger partial charge in [0.2, 0.25) is 5.91 Å². The molecule has 0 radical (unpaired) electrons. The number of hydrogen-bond acceptors (Lipinski definition) is 3. The van der Waals surface area contributed by atoms with E-state index in [0.29, 0.717) is 6.42 Å². The fraction of sp³-hybridized carbons (Fsp3) is 0.467. The maximum absolute atomic E-state index is 11.9. The largest absolute Gasteiger partial charge is 0.388 e. The molecular formula is C15H21N3O2. The smallest absolute Gasteiger partial charge is 0.226 e. The molecule has 0 aromatic carbocycles. The van der Waals surface area contributed by atoms with Crippen LogP contribution < -0.4 is 5.32 Å². The molecule has 2 N–H and O–H groups in total. The van der Waals surface area contributed by atoms with Gasteiger partial charge in [0.1, 0.15) is 5.65 Å². The lowest BCUT2D eigenvalue weighted by molar-refractivity contribution is -0.121. The second-order valence-corrected chi connectivity index (χ2v) is 5.40. The number of aromatic nitrogens is 2. The zero-order valence-corrected chi connectivity index (χ0v) is 12.0. The Balaban J connectivity index is 1.91. The number of pyridine rings is 1. The highest BCUT2D eigenvalue weighted by molar-refractivity contribution is 5.78. The van der Waals surface area contributed by atoms with E-state index < -0.39 is 5.60 Å². The van der Waals surface area contributed by atoms with E-state index in [0.717, 1.165) is 17.8 Å². The van der Waals surface area contributed by atoms with Crippen molar-refractivity contribution in [3.05, 3.63) is 36.3 Å². The number of aliphatic hydroxyl groups is 1. The van der Waals surface area contributed by atoms with Crippen molar-refractivity contribution in [2.24, 2.45) is 0 Å². The summed E-state index contributed by atoms with van der Waals surface area (Å²) < 4.78 is 1.88. The second kappa shape index (κ2) is 6.05. The van der Waals surface area contributed by atoms with E-state index in [4.69, 9.17) is 0 Å². The molecule has 0 aliphatic rings. The molecule has 1 unspecified atom stereocenters. The lowest BCUT2D eigenvalue weighted by Crippen LogP contribution is -2.41. The predicted molar refractivity (Wildman–Crippen MR) is 77.4 cm³/mol. The number of fused-ring (bicyclic) bond motifs is 1. The molecular weight excluding hydrogens is 254 g/mol. The van der Waals surface area contributed by atoms with Gasteiger partial charge in [-0.3, -0.25) is 4.79 Å². The van der Waals surface area contributed by atoms with Gasteiger partial charge in [0, 0.05) is 18.9 Å². The highest BCUT2D eigenvalue weighted by Crippen LogP contribution is 2.10. The Kier molecular flexibility index (Phi) is 4.39. The Hall–Kier alpha value is -1.88. The second-order valence-electron chi connectivity index (χ2n) is 5.40. The summed E-state index contributed by atoms with van der Waals surface area (Å²) in [5, 5.41) is 12.8. The average molecular weight is 275 g/mol. The molecule has 5 heteroatoms. The van der Waals surface area contributed by atoms with Crippen molar-refractivity contribution in [1.82, 2.24) is 14.7 Å². The number of amides is 1. The molecule has 0 bridgehead atoms. The summed E-state index contributed by atoms with van der Waals surface area (Å²) in [7, 11) is 0. The number of nitrogens with zero attached hydrogens (tertiary/aromatic N) is 2. The van der Waals surface area contributed by atoms with Crippen LogP contribution >= 0.6 is 0 Å². The van der Waals surface area contributed by atoms with Crippen LogP contribution in [0.5, 0.6) is 0 Å². The third kappa shape index (κ3) is 3.81. The van der Waals surface area contributed by atoms with Crippen molar-refractivity contribution >= 4 is 11.6 Å². The van der Waals surface area contributed by atoms with E-state index in [1.807, 2.05) is 41.9 Å². The van der Waals surface area contributed by atoms with Gasteiger partial charge in [-0.2, -0.15) is 0 Å². The number of carbonyl (C=O) groups is 1. The summed E-state index contributed by atoms with van der Waals surface area (Å²) in [5.41, 5.74) is 0.709. The van der Waals surface area contributed by atoms with Crippen molar-refractivity contribution in [2.45, 2.75) is 38.7 Å². The van der Waals surface area contributed by atoms with Gasteiger partial charge in [0.25, 0.3) is 0 Å². The van der Waals surface area contributed by atoms with Crippen LogP contribution in [0.15, 0.2) is 30.6 Å². The quantitative estimate of drug-likeness (QED) is 0.840. The van der Waals surface area contributed by atoms with Crippen LogP contribution in [0.1, 0.15) is 32.4 Å². The minimum Gasteiger partial charge on any atom is -0.388 e. The van der Waals surface area contributed by atoms with Crippen molar-refractivity contribution < 1.29 is 9.90 Å². The van der Waals surface area contributed by atoms with Crippen molar-refractivity contribution in [3.8, 4) is 0 Å². The molecule has 0 saturated carbocycles. The molecule has 0 aliphatic heterocycles. The van der Waals surface area contributed by atoms with Crippen molar-refractivity contribution in [2.75, 3.05) is 6.54 Å². The zero-order valence-electron chi connectivity index (χ0n) is 12.0. The van der Waals surface area contributed by atoms with E-state index >= 15 is 0 Å². The molecule has 2 aromatic rings. The Morgan fingerprint density at radius 1 is 1.50 bits per heavy atom. The Morgan fingerprint density at radius 2 is 2.30 bits per heavy atom. The first kappa shape index (κ1) is 14.5. The third-order valence-electron chi connectivity index (χ3n) is 3.21. The maximum atomic E-state index is 11.9. The van der Waals surface area contributed by atoms with E-state index in [-0.39, 0.29) is 18.9 Å². The fourth-order valence-corrected chi connectivity index (χ4v) is 2.22. The standard InChI is InChI=1S/C15H21N3O2/c1-3-7-15(2,20)11-16-14(19)9-12-10-18-8-5-4-6-13(18)17-12/h4-6,8,10,20H,3,7,9,11H2,1-2H3,(H,16,19). The van der Waals surface area contributed by atoms with Crippen molar-refractivity contribution in [1.29, 1.82) is 0 Å². The summed E-state index contributed by atoms with van der Waals surface area (Å²) in [4.78, 5) is 16.2. The highest BCUT2D eigenvalue weighted by Gasteiger charge is 2.20. The van der Waals surface area contributed by atoms with Gasteiger partial charge in [-0.05, 0) is 25.5 Å². The van der Waals surface area contributed by atoms with Gasteiger partial charge >= 0.3 is 0 Å². The van der Waals surface area contributed by atoms with Crippen LogP contribution in [-0.2, 0) is 11.2 Å². The van der Waals surface area contributed by atoms with Crippen LogP contribution in [0.2, 0.25) is 0 Å². The molecule has 0 aliphatic carbocycles. The molecule has 2 heterocycles. The van der Waals surface area contributed by atoms with Gasteiger partial charge in [-0.25, -0.2) is 4.98 Å². The van der Waals surface area contributed by atoms with Crippen LogP contribution in [0.3, 0.4) is 0 Å². The fourth-order valence-electron chi connectivity index (χ4n) is 2.22. The molecule has 1 amide bonds. The monoisotopic (exact) mass is 275 g/mol. The summed E-state index contributed by atoms with van der Waals surface area (Å²) in [6, 6.07) is 5.72. The first-order valence-electron chi connectivity index (χ1n) is 6.92. The van der Waals surface area contributed by atoms with E-state index in [1.165, 1.54) is 0 Å². The molecule has 2 aromatic heterocycles. The van der Waals surface area contributed by atoms with Crippen LogP contribution in [0, 0.1) is 0 Å². The van der Waals surface area contributed by atoms with E-state index in [9.17, 15) is 9.90 Å². The summed E-state index contributed by atoms with van der Waals surface area (Å²) in [6.07, 6.45) is 5.52. The Morgan fingerprint density at radius 3 is 3.00 bits per heavy atom. The number of rotatable bonds is 6. The lowest BCUT2D eigenvalue weighted by atomic mass is 10.0. The normalized spacial score (nSPS) is 14.2. The van der Waals surface area contributed by atoms with Crippen molar-refractivity contribution in [3.63, 3.8) is 0 Å². The lowest BCUT2D eigenvalue weighted by Gasteiger charge is -2.22. The van der Waals surface area contributed by atoms with Gasteiger partial charge in [0.05, 0.1) is 17.7 Å². The summed E-state index contributed by atoms with van der Waals surface area (Å²) in [6.45, 7) is 4.02. The molecule has 2 rings (SSSR count). The highest BCUT2D eigenvalue weighted by atomic mass is 16.3. The van der Waals surface area contributed by atoms with Gasteiger partial charge < -0.3 is 14.8 Å². The topological polar surface area (TPSA) is 66.6 Å². The number of imidazole rings is 1. The minimum absolute atomic E-state index is 0.121. The summed E-state index contributed by atoms with van der Waals surface area (Å²) >= 11 is 0. The van der Waals surface area contributed by atoms with Gasteiger partial charge in [-0.1, -0.05) is 19.4 Å². The van der Waals surface area contributed by atoms with E-state index in [1.54, 1.807) is 6.92 Å². The molecule has 0 spiro atoms. The minimum atomic E-state index is -0.844. The average Bonchev–Trinajstić information content (AvgIpc) is 2.78. The first-order chi connectivity index (χ1) is 9.50. The van der Waals surface area contributed by atoms with Gasteiger partial charge in [-0.15, -0.1) is 0 Å². The predicted octanol–water partition coefficient (Wildman–Crippen LogP) is 1.54. The third-order valence-corrected chi connectivity index (χ3v) is 3.21. The molecule has 5 nitrogen and oxygen atoms in total. The molecule has 1 atom stereocenters. The van der Waals surface area contributed by atoms with Gasteiger partial charge in [0.15, 0.2) is 0 Å². The van der Waals surface area contributed by atoms with E-state index in [2.05, 4.69) is 10.3 Å². The molecule has 108 valence electrons. The first-order valence-corrected chi connectivity index (χ1v) is 6.92. The van der Waals surface area contributed by atoms with Crippen LogP contribution in [0.25, 0.3) is 5.65 Å². The number of carbonyl (C=O) groups excluding carboxylic acids is 1. The van der Waals surface area contributed by atoms with Crippen LogP contribution in [-0.4, -0.2) is 32.5 Å². The molecule has 20 heavy (non-hydrogen) atoms. The maximum Gasteiger partial charge on any atom is 0.226 e. The Bertz CT molecular complexity index is 557. The molecule has 0 fully saturated rings. The zero-order chi connectivity index (χ0) is 14.6. The number of nitrogens with one attached hydrogen (secondary N) is 1. The summed E-state index contributed by atoms with van der Waals surface area (Å²) in [5.74, 6) is -0.121. The Labute approximate surface area is 118 Å². The van der Waals surface area contributed by atoms with Crippen LogP contribution in [0.4, 0.5) is 0 Å². The number of hydrogen-bond donors (Lipinski definition) is 2.